The van der Waals surface area contributed by atoms with Gasteiger partial charge in [-0.15, -0.1) is 13.2 Å². The van der Waals surface area contributed by atoms with Crippen LogP contribution in [0.1, 0.15) is 37.4 Å². The highest BCUT2D eigenvalue weighted by atomic mass is 16.2. The zero-order chi connectivity index (χ0) is 18.0. The predicted octanol–water partition coefficient (Wildman–Crippen LogP) is 2.06. The van der Waals surface area contributed by atoms with Gasteiger partial charge in [-0.3, -0.25) is 9.59 Å². The van der Waals surface area contributed by atoms with Crippen molar-refractivity contribution in [3.63, 3.8) is 0 Å². The molecule has 1 aliphatic carbocycles. The molecule has 3 rings (SSSR count). The van der Waals surface area contributed by atoms with Crippen molar-refractivity contribution in [3.05, 3.63) is 43.5 Å². The number of likely N-dealkylation sites (tertiary alicyclic amines) is 1. The molecule has 2 aliphatic rings. The smallest absolute Gasteiger partial charge is 0.228 e. The van der Waals surface area contributed by atoms with Crippen LogP contribution in [0.2, 0.25) is 0 Å². The van der Waals surface area contributed by atoms with Gasteiger partial charge in [-0.1, -0.05) is 12.2 Å². The van der Waals surface area contributed by atoms with Crippen molar-refractivity contribution < 1.29 is 9.59 Å². The van der Waals surface area contributed by atoms with Gasteiger partial charge in [0.15, 0.2) is 0 Å². The van der Waals surface area contributed by atoms with Gasteiger partial charge in [0, 0.05) is 32.6 Å². The van der Waals surface area contributed by atoms with E-state index in [1.165, 1.54) is 0 Å². The number of amides is 2. The summed E-state index contributed by atoms with van der Waals surface area (Å²) in [6.45, 7) is 8.47. The first-order valence-electron chi connectivity index (χ1n) is 8.86. The molecular weight excluding hydrogens is 316 g/mol. The summed E-state index contributed by atoms with van der Waals surface area (Å²) in [7, 11) is 1.92. The lowest BCUT2D eigenvalue weighted by Crippen LogP contribution is -2.50. The summed E-state index contributed by atoms with van der Waals surface area (Å²) < 4.78 is 1.92. The van der Waals surface area contributed by atoms with Crippen molar-refractivity contribution in [1.29, 1.82) is 0 Å². The topological polar surface area (TPSA) is 58.4 Å². The molecule has 0 N–H and O–H groups in total. The van der Waals surface area contributed by atoms with E-state index in [1.54, 1.807) is 29.6 Å². The molecular formula is C19H26N4O2. The summed E-state index contributed by atoms with van der Waals surface area (Å²) in [4.78, 5) is 33.8. The number of hydrogen-bond donors (Lipinski definition) is 0. The molecule has 6 heteroatoms. The number of imidazole rings is 1. The van der Waals surface area contributed by atoms with Crippen molar-refractivity contribution in [2.24, 2.45) is 13.0 Å². The second kappa shape index (κ2) is 7.25. The number of piperidine rings is 1. The predicted molar refractivity (Wildman–Crippen MR) is 95.5 cm³/mol. The van der Waals surface area contributed by atoms with Gasteiger partial charge in [-0.05, 0) is 19.3 Å². The number of rotatable bonds is 7. The third-order valence-electron chi connectivity index (χ3n) is 5.06. The van der Waals surface area contributed by atoms with Crippen LogP contribution in [-0.2, 0) is 16.6 Å². The lowest BCUT2D eigenvalue weighted by Gasteiger charge is -2.42. The van der Waals surface area contributed by atoms with Gasteiger partial charge in [0.25, 0.3) is 0 Å². The lowest BCUT2D eigenvalue weighted by atomic mass is 9.85. The highest BCUT2D eigenvalue weighted by molar-refractivity contribution is 5.85. The van der Waals surface area contributed by atoms with E-state index in [-0.39, 0.29) is 29.8 Å². The second-order valence-electron chi connectivity index (χ2n) is 6.87. The van der Waals surface area contributed by atoms with Crippen molar-refractivity contribution in [2.45, 2.75) is 37.8 Å². The SMILES string of the molecule is C=CCN(CC=C)C(=O)[C@H]1CCC(=O)N(C2CC2)[C@@H]1c1cncn1C. The Morgan fingerprint density at radius 1 is 1.32 bits per heavy atom. The number of aryl methyl sites for hydroxylation is 1. The standard InChI is InChI=1S/C19H26N4O2/c1-4-10-22(11-5-2)19(25)15-8-9-17(24)23(14-6-7-14)18(15)16-12-20-13-21(16)3/h4-5,12-15,18H,1-2,6-11H2,3H3/t15-,18-/m0/s1. The Bertz CT molecular complexity index is 667. The molecule has 0 radical (unpaired) electrons. The average Bonchev–Trinajstić information content (AvgIpc) is 3.34. The second-order valence-corrected chi connectivity index (χ2v) is 6.87. The van der Waals surface area contributed by atoms with E-state index in [0.717, 1.165) is 18.5 Å². The minimum atomic E-state index is -0.256. The van der Waals surface area contributed by atoms with Crippen LogP contribution < -0.4 is 0 Å². The van der Waals surface area contributed by atoms with Gasteiger partial charge in [0.05, 0.1) is 30.2 Å². The fourth-order valence-electron chi connectivity index (χ4n) is 3.76. The average molecular weight is 342 g/mol. The molecule has 0 unspecified atom stereocenters. The molecule has 1 aliphatic heterocycles. The Hall–Kier alpha value is -2.37. The maximum Gasteiger partial charge on any atom is 0.228 e. The lowest BCUT2D eigenvalue weighted by molar-refractivity contribution is -0.148. The molecule has 2 heterocycles. The number of nitrogens with zero attached hydrogens (tertiary/aromatic N) is 4. The number of hydrogen-bond acceptors (Lipinski definition) is 3. The first-order chi connectivity index (χ1) is 12.1. The summed E-state index contributed by atoms with van der Waals surface area (Å²) in [6, 6.07) is 0.0149. The first-order valence-corrected chi connectivity index (χ1v) is 8.86. The molecule has 0 bridgehead atoms. The molecule has 2 amide bonds. The van der Waals surface area contributed by atoms with Crippen LogP contribution in [0.5, 0.6) is 0 Å². The van der Waals surface area contributed by atoms with Gasteiger partial charge in [-0.25, -0.2) is 4.98 Å². The van der Waals surface area contributed by atoms with Crippen LogP contribution in [-0.4, -0.2) is 50.3 Å². The van der Waals surface area contributed by atoms with E-state index >= 15 is 0 Å². The summed E-state index contributed by atoms with van der Waals surface area (Å²) >= 11 is 0. The maximum atomic E-state index is 13.3. The van der Waals surface area contributed by atoms with Crippen LogP contribution in [0.3, 0.4) is 0 Å². The van der Waals surface area contributed by atoms with E-state index in [0.29, 0.717) is 25.9 Å². The molecule has 25 heavy (non-hydrogen) atoms. The zero-order valence-electron chi connectivity index (χ0n) is 14.8. The summed E-state index contributed by atoms with van der Waals surface area (Å²) in [6.07, 6.45) is 10.0. The van der Waals surface area contributed by atoms with Gasteiger partial charge < -0.3 is 14.4 Å². The van der Waals surface area contributed by atoms with E-state index in [9.17, 15) is 9.59 Å². The minimum absolute atomic E-state index is 0.0594. The Kier molecular flexibility index (Phi) is 5.06. The largest absolute Gasteiger partial charge is 0.336 e. The quantitative estimate of drug-likeness (QED) is 0.713. The summed E-state index contributed by atoms with van der Waals surface area (Å²) in [5, 5.41) is 0. The monoisotopic (exact) mass is 342 g/mol. The van der Waals surface area contributed by atoms with E-state index < -0.39 is 0 Å². The number of carbonyl (C=O) groups excluding carboxylic acids is 2. The van der Waals surface area contributed by atoms with E-state index in [2.05, 4.69) is 18.1 Å². The van der Waals surface area contributed by atoms with Gasteiger partial charge in [0.2, 0.25) is 11.8 Å². The van der Waals surface area contributed by atoms with Crippen molar-refractivity contribution in [3.8, 4) is 0 Å². The Labute approximate surface area is 148 Å². The fourth-order valence-corrected chi connectivity index (χ4v) is 3.76. The molecule has 2 atom stereocenters. The molecule has 1 saturated heterocycles. The highest BCUT2D eigenvalue weighted by Crippen LogP contribution is 2.43. The Morgan fingerprint density at radius 3 is 2.52 bits per heavy atom. The number of aromatic nitrogens is 2. The molecule has 0 spiro atoms. The number of carbonyl (C=O) groups is 2. The van der Waals surface area contributed by atoms with Gasteiger partial charge >= 0.3 is 0 Å². The molecule has 1 aromatic heterocycles. The third-order valence-corrected chi connectivity index (χ3v) is 5.06. The molecule has 0 aromatic carbocycles. The van der Waals surface area contributed by atoms with Gasteiger partial charge in [0.1, 0.15) is 0 Å². The molecule has 2 fully saturated rings. The molecule has 1 saturated carbocycles. The maximum absolute atomic E-state index is 13.3. The van der Waals surface area contributed by atoms with Crippen LogP contribution >= 0.6 is 0 Å². The molecule has 6 nitrogen and oxygen atoms in total. The van der Waals surface area contributed by atoms with Crippen LogP contribution in [0.25, 0.3) is 0 Å². The zero-order valence-corrected chi connectivity index (χ0v) is 14.8. The van der Waals surface area contributed by atoms with Crippen molar-refractivity contribution >= 4 is 11.8 Å². The highest BCUT2D eigenvalue weighted by Gasteiger charge is 2.48. The van der Waals surface area contributed by atoms with Crippen LogP contribution in [0.15, 0.2) is 37.8 Å². The van der Waals surface area contributed by atoms with Gasteiger partial charge in [-0.2, -0.15) is 0 Å². The van der Waals surface area contributed by atoms with Crippen molar-refractivity contribution in [2.75, 3.05) is 13.1 Å². The third kappa shape index (κ3) is 3.38. The Balaban J connectivity index is 1.96. The minimum Gasteiger partial charge on any atom is -0.336 e. The normalized spacial score (nSPS) is 23.4. The molecule has 134 valence electrons. The van der Waals surface area contributed by atoms with E-state index in [1.807, 2.05) is 16.5 Å². The Morgan fingerprint density at radius 2 is 2.00 bits per heavy atom. The van der Waals surface area contributed by atoms with Crippen LogP contribution in [0, 0.1) is 5.92 Å². The van der Waals surface area contributed by atoms with Crippen molar-refractivity contribution in [1.82, 2.24) is 19.4 Å². The summed E-state index contributed by atoms with van der Waals surface area (Å²) in [5.74, 6) is -0.0468. The first kappa shape index (κ1) is 17.5. The van der Waals surface area contributed by atoms with E-state index in [4.69, 9.17) is 0 Å². The molecule has 1 aromatic rings. The summed E-state index contributed by atoms with van der Waals surface area (Å²) in [5.41, 5.74) is 0.926. The van der Waals surface area contributed by atoms with Crippen LogP contribution in [0.4, 0.5) is 0 Å². The fraction of sp³-hybridized carbons (Fsp3) is 0.526.